The lowest BCUT2D eigenvalue weighted by molar-refractivity contribution is -0.126. The molecule has 0 unspecified atom stereocenters. The number of H-pyrrole nitrogens is 1. The van der Waals surface area contributed by atoms with Crippen LogP contribution in [0, 0.1) is 11.7 Å². The van der Waals surface area contributed by atoms with Gasteiger partial charge in [0.25, 0.3) is 5.89 Å². The van der Waals surface area contributed by atoms with E-state index in [0.29, 0.717) is 6.42 Å². The molecule has 1 aromatic carbocycles. The molecule has 9 heteroatoms. The largest absolute Gasteiger partial charge is 0.442 e. The third-order valence-corrected chi connectivity index (χ3v) is 5.49. The maximum atomic E-state index is 13.0. The minimum atomic E-state index is -0.246. The van der Waals surface area contributed by atoms with Crippen molar-refractivity contribution < 1.29 is 18.4 Å². The van der Waals surface area contributed by atoms with Gasteiger partial charge < -0.3 is 20.0 Å². The van der Waals surface area contributed by atoms with Gasteiger partial charge in [0.2, 0.25) is 11.7 Å². The second kappa shape index (κ2) is 12.1. The van der Waals surface area contributed by atoms with Crippen LogP contribution in [0.1, 0.15) is 48.6 Å². The Morgan fingerprint density at radius 3 is 2.48 bits per heavy atom. The van der Waals surface area contributed by atoms with Crippen LogP contribution in [0.3, 0.4) is 0 Å². The highest BCUT2D eigenvalue weighted by atomic mass is 19.1. The molecule has 3 heterocycles. The van der Waals surface area contributed by atoms with Crippen molar-refractivity contribution >= 4 is 11.7 Å². The van der Waals surface area contributed by atoms with E-state index >= 15 is 0 Å². The lowest BCUT2D eigenvalue weighted by Crippen LogP contribution is -2.50. The first kappa shape index (κ1) is 24.3. The van der Waals surface area contributed by atoms with Gasteiger partial charge in [0.1, 0.15) is 17.9 Å². The van der Waals surface area contributed by atoms with Crippen LogP contribution in [0.15, 0.2) is 47.3 Å². The van der Waals surface area contributed by atoms with Gasteiger partial charge in [-0.1, -0.05) is 12.8 Å². The number of benzene rings is 1. The van der Waals surface area contributed by atoms with E-state index in [1.165, 1.54) is 24.6 Å². The third kappa shape index (κ3) is 7.64. The number of ketones is 1. The molecule has 0 bridgehead atoms. The Morgan fingerprint density at radius 1 is 1.15 bits per heavy atom. The normalized spacial score (nSPS) is 13.8. The zero-order valence-electron chi connectivity index (χ0n) is 18.8. The Morgan fingerprint density at radius 2 is 1.88 bits per heavy atom. The van der Waals surface area contributed by atoms with E-state index in [1.807, 2.05) is 7.05 Å². The molecule has 0 atom stereocenters. The number of likely N-dealkylation sites (tertiary alicyclic amines) is 1. The number of carbonyl (C=O) groups excluding carboxylic acids is 2. The van der Waals surface area contributed by atoms with Crippen molar-refractivity contribution in [3.8, 4) is 11.3 Å². The van der Waals surface area contributed by atoms with E-state index in [2.05, 4.69) is 19.9 Å². The maximum Gasteiger partial charge on any atom is 0.263 e. The second-order valence-corrected chi connectivity index (χ2v) is 8.25. The number of hydrogen-bond acceptors (Lipinski definition) is 6. The number of hydrogen-bond donors (Lipinski definition) is 2. The zero-order chi connectivity index (χ0) is 23.6. The third-order valence-electron chi connectivity index (χ3n) is 5.49. The molecule has 33 heavy (non-hydrogen) atoms. The highest BCUT2D eigenvalue weighted by Crippen LogP contribution is 2.18. The van der Waals surface area contributed by atoms with Gasteiger partial charge in [0, 0.05) is 25.9 Å². The number of nitrogens with zero attached hydrogens (tertiary/aromatic N) is 3. The van der Waals surface area contributed by atoms with Gasteiger partial charge in [-0.2, -0.15) is 0 Å². The number of unbranched alkanes of at least 4 members (excludes halogenated alkanes) is 3. The molecule has 0 aliphatic carbocycles. The summed E-state index contributed by atoms with van der Waals surface area (Å²) in [4.78, 5) is 35.6. The molecule has 1 amide bonds. The van der Waals surface area contributed by atoms with Crippen molar-refractivity contribution in [3.05, 3.63) is 60.5 Å². The van der Waals surface area contributed by atoms with Gasteiger partial charge in [-0.05, 0) is 49.7 Å². The summed E-state index contributed by atoms with van der Waals surface area (Å²) in [5.41, 5.74) is 6.81. The SMILES string of the molecule is CN1CC(C(N)=O)C1.O=C(CCCCCCc1ncc(-c2ccc(F)cc2)[nH]1)c1ncco1. The highest BCUT2D eigenvalue weighted by Gasteiger charge is 2.27. The average molecular weight is 456 g/mol. The van der Waals surface area contributed by atoms with Crippen LogP contribution in [0.5, 0.6) is 0 Å². The predicted molar refractivity (Wildman–Crippen MR) is 122 cm³/mol. The van der Waals surface area contributed by atoms with Crippen molar-refractivity contribution in [3.63, 3.8) is 0 Å². The Bertz CT molecular complexity index is 1010. The van der Waals surface area contributed by atoms with Crippen LogP contribution in [0.4, 0.5) is 4.39 Å². The second-order valence-electron chi connectivity index (χ2n) is 8.25. The van der Waals surface area contributed by atoms with Crippen molar-refractivity contribution in [2.24, 2.45) is 11.7 Å². The monoisotopic (exact) mass is 455 g/mol. The Kier molecular flexibility index (Phi) is 8.88. The van der Waals surface area contributed by atoms with E-state index in [0.717, 1.165) is 62.3 Å². The van der Waals surface area contributed by atoms with Crippen LogP contribution in [0.25, 0.3) is 11.3 Å². The molecule has 1 aliphatic heterocycles. The minimum absolute atomic E-state index is 0.0417. The van der Waals surface area contributed by atoms with Crippen LogP contribution in [0.2, 0.25) is 0 Å². The van der Waals surface area contributed by atoms with E-state index in [4.69, 9.17) is 10.2 Å². The summed E-state index contributed by atoms with van der Waals surface area (Å²) in [6.45, 7) is 1.69. The molecular weight excluding hydrogens is 425 g/mol. The first-order valence-corrected chi connectivity index (χ1v) is 11.1. The molecule has 176 valence electrons. The summed E-state index contributed by atoms with van der Waals surface area (Å²) in [7, 11) is 1.97. The topological polar surface area (TPSA) is 118 Å². The number of halogens is 1. The number of amides is 1. The van der Waals surface area contributed by atoms with Gasteiger partial charge in [0.15, 0.2) is 0 Å². The van der Waals surface area contributed by atoms with Crippen molar-refractivity contribution in [2.75, 3.05) is 20.1 Å². The average Bonchev–Trinajstić information content (AvgIpc) is 3.47. The fourth-order valence-electron chi connectivity index (χ4n) is 3.54. The van der Waals surface area contributed by atoms with Crippen molar-refractivity contribution in [1.82, 2.24) is 19.9 Å². The number of imidazole rings is 1. The van der Waals surface area contributed by atoms with Crippen molar-refractivity contribution in [1.29, 1.82) is 0 Å². The van der Waals surface area contributed by atoms with E-state index in [-0.39, 0.29) is 29.3 Å². The van der Waals surface area contributed by atoms with Crippen LogP contribution in [-0.2, 0) is 11.2 Å². The Balaban J connectivity index is 0.000000323. The molecule has 0 radical (unpaired) electrons. The number of aromatic nitrogens is 3. The van der Waals surface area contributed by atoms with Crippen molar-refractivity contribution in [2.45, 2.75) is 38.5 Å². The molecular formula is C24H30FN5O3. The smallest absolute Gasteiger partial charge is 0.263 e. The van der Waals surface area contributed by atoms with Gasteiger partial charge in [0.05, 0.1) is 24.0 Å². The quantitative estimate of drug-likeness (QED) is 0.356. The van der Waals surface area contributed by atoms with E-state index < -0.39 is 0 Å². The number of nitrogens with two attached hydrogens (primary N) is 1. The number of Topliss-reactive ketones (excluding diaryl/α,β-unsaturated/α-hetero) is 1. The number of aryl methyl sites for hydroxylation is 1. The number of rotatable bonds is 10. The lowest BCUT2D eigenvalue weighted by Gasteiger charge is -2.33. The summed E-state index contributed by atoms with van der Waals surface area (Å²) < 4.78 is 17.9. The summed E-state index contributed by atoms with van der Waals surface area (Å²) in [6.07, 6.45) is 9.85. The number of aromatic amines is 1. The molecule has 0 saturated carbocycles. The molecule has 1 saturated heterocycles. The van der Waals surface area contributed by atoms with Crippen LogP contribution in [-0.4, -0.2) is 51.7 Å². The Labute approximate surface area is 192 Å². The molecule has 1 fully saturated rings. The lowest BCUT2D eigenvalue weighted by atomic mass is 10.0. The number of nitrogens with one attached hydrogen (secondary N) is 1. The highest BCUT2D eigenvalue weighted by molar-refractivity contribution is 5.91. The van der Waals surface area contributed by atoms with Gasteiger partial charge >= 0.3 is 0 Å². The summed E-state index contributed by atoms with van der Waals surface area (Å²) >= 11 is 0. The molecule has 8 nitrogen and oxygen atoms in total. The number of oxazole rings is 1. The summed E-state index contributed by atoms with van der Waals surface area (Å²) in [5, 5.41) is 0. The van der Waals surface area contributed by atoms with E-state index in [9.17, 15) is 14.0 Å². The molecule has 1 aliphatic rings. The maximum absolute atomic E-state index is 13.0. The van der Waals surface area contributed by atoms with E-state index in [1.54, 1.807) is 18.3 Å². The first-order valence-electron chi connectivity index (χ1n) is 11.1. The standard InChI is InChI=1S/C19H20FN3O2.C5H10N2O/c20-15-9-7-14(8-10-15)16-13-22-18(23-16)6-4-2-1-3-5-17(24)19-21-11-12-25-19;1-7-2-4(3-7)5(6)8/h7-13H,1-6H2,(H,22,23);4H,2-3H2,1H3,(H2,6,8). The fraction of sp³-hybridized carbons (Fsp3) is 0.417. The van der Waals surface area contributed by atoms with Crippen LogP contribution < -0.4 is 5.73 Å². The van der Waals surface area contributed by atoms with Gasteiger partial charge in [-0.25, -0.2) is 14.4 Å². The fourth-order valence-corrected chi connectivity index (χ4v) is 3.54. The Hall–Kier alpha value is -3.33. The summed E-state index contributed by atoms with van der Waals surface area (Å²) in [6, 6.07) is 6.35. The zero-order valence-corrected chi connectivity index (χ0v) is 18.8. The van der Waals surface area contributed by atoms with Gasteiger partial charge in [-0.15, -0.1) is 0 Å². The summed E-state index contributed by atoms with van der Waals surface area (Å²) in [5.74, 6) is 0.798. The van der Waals surface area contributed by atoms with Gasteiger partial charge in [-0.3, -0.25) is 9.59 Å². The molecule has 3 aromatic rings. The molecule has 3 N–H and O–H groups in total. The molecule has 4 rings (SSSR count). The molecule has 2 aromatic heterocycles. The predicted octanol–water partition coefficient (Wildman–Crippen LogP) is 3.61. The molecule has 0 spiro atoms. The minimum Gasteiger partial charge on any atom is -0.442 e. The van der Waals surface area contributed by atoms with Crippen LogP contribution >= 0.6 is 0 Å². The number of primary amides is 1. The number of carbonyl (C=O) groups is 2. The first-order chi connectivity index (χ1) is 15.9.